The molecule has 1 amide bonds. The third-order valence-electron chi connectivity index (χ3n) is 4.04. The summed E-state index contributed by atoms with van der Waals surface area (Å²) < 4.78 is 4.19. The van der Waals surface area contributed by atoms with Crippen LogP contribution < -0.4 is 5.32 Å². The molecule has 0 aliphatic carbocycles. The Balaban J connectivity index is 1.68. The second-order valence-electron chi connectivity index (χ2n) is 5.73. The van der Waals surface area contributed by atoms with E-state index in [0.29, 0.717) is 12.2 Å². The van der Waals surface area contributed by atoms with Crippen molar-refractivity contribution in [2.45, 2.75) is 6.54 Å². The number of anilines is 1. The summed E-state index contributed by atoms with van der Waals surface area (Å²) in [5, 5.41) is 5.04. The molecule has 4 aromatic rings. The number of thiophene rings is 1. The molecule has 124 valence electrons. The monoisotopic (exact) mass is 410 g/mol. The standard InChI is InChI=1S/C20H15BrN2OS/c21-15-6-8-16(9-7-15)22-20(24)18-12-19-17(10-11-25-19)23(18)13-14-4-2-1-3-5-14/h1-12H,13H2,(H,22,24). The number of fused-ring (bicyclic) bond motifs is 1. The number of amides is 1. The first kappa shape index (κ1) is 16.1. The fourth-order valence-electron chi connectivity index (χ4n) is 2.83. The molecule has 0 fully saturated rings. The highest BCUT2D eigenvalue weighted by atomic mass is 79.9. The first-order valence-electron chi connectivity index (χ1n) is 7.88. The molecule has 4 rings (SSSR count). The number of nitrogens with one attached hydrogen (secondary N) is 1. The Morgan fingerprint density at radius 2 is 1.80 bits per heavy atom. The van der Waals surface area contributed by atoms with Crippen LogP contribution in [0.5, 0.6) is 0 Å². The summed E-state index contributed by atoms with van der Waals surface area (Å²) in [4.78, 5) is 12.8. The number of carbonyl (C=O) groups excluding carboxylic acids is 1. The van der Waals surface area contributed by atoms with E-state index in [1.54, 1.807) is 11.3 Å². The second kappa shape index (κ2) is 6.86. The van der Waals surface area contributed by atoms with Crippen molar-refractivity contribution in [1.82, 2.24) is 4.57 Å². The molecule has 0 saturated heterocycles. The van der Waals surface area contributed by atoms with E-state index < -0.39 is 0 Å². The summed E-state index contributed by atoms with van der Waals surface area (Å²) in [7, 11) is 0. The van der Waals surface area contributed by atoms with Gasteiger partial charge in [-0.15, -0.1) is 11.3 Å². The highest BCUT2D eigenvalue weighted by Crippen LogP contribution is 2.27. The summed E-state index contributed by atoms with van der Waals surface area (Å²) in [5.74, 6) is -0.0957. The second-order valence-corrected chi connectivity index (χ2v) is 7.60. The van der Waals surface area contributed by atoms with Crippen molar-refractivity contribution < 1.29 is 4.79 Å². The SMILES string of the molecule is O=C(Nc1ccc(Br)cc1)c1cc2sccc2n1Cc1ccccc1. The van der Waals surface area contributed by atoms with Crippen LogP contribution >= 0.6 is 27.3 Å². The van der Waals surface area contributed by atoms with E-state index in [1.807, 2.05) is 48.5 Å². The minimum Gasteiger partial charge on any atom is -0.331 e. The van der Waals surface area contributed by atoms with Crippen molar-refractivity contribution in [1.29, 1.82) is 0 Å². The van der Waals surface area contributed by atoms with E-state index >= 15 is 0 Å². The normalized spacial score (nSPS) is 10.9. The van der Waals surface area contributed by atoms with Crippen LogP contribution in [0.4, 0.5) is 5.69 Å². The van der Waals surface area contributed by atoms with Gasteiger partial charge in [0.2, 0.25) is 0 Å². The zero-order valence-electron chi connectivity index (χ0n) is 13.3. The first-order chi connectivity index (χ1) is 12.2. The molecule has 0 radical (unpaired) electrons. The van der Waals surface area contributed by atoms with E-state index in [-0.39, 0.29) is 5.91 Å². The van der Waals surface area contributed by atoms with Gasteiger partial charge in [0.15, 0.2) is 0 Å². The molecule has 5 heteroatoms. The van der Waals surface area contributed by atoms with Crippen molar-refractivity contribution in [3.05, 3.63) is 87.8 Å². The molecule has 25 heavy (non-hydrogen) atoms. The van der Waals surface area contributed by atoms with Crippen LogP contribution in [0, 0.1) is 0 Å². The van der Waals surface area contributed by atoms with Crippen LogP contribution in [0.15, 0.2) is 76.6 Å². The van der Waals surface area contributed by atoms with Crippen LogP contribution in [0.3, 0.4) is 0 Å². The molecular weight excluding hydrogens is 396 g/mol. The number of aromatic nitrogens is 1. The van der Waals surface area contributed by atoms with Gasteiger partial charge < -0.3 is 9.88 Å². The number of hydrogen-bond donors (Lipinski definition) is 1. The Bertz CT molecular complexity index is 1020. The van der Waals surface area contributed by atoms with Gasteiger partial charge in [0.1, 0.15) is 5.69 Å². The maximum Gasteiger partial charge on any atom is 0.272 e. The Kier molecular flexibility index (Phi) is 4.42. The number of halogens is 1. The average molecular weight is 411 g/mol. The third-order valence-corrected chi connectivity index (χ3v) is 5.42. The summed E-state index contributed by atoms with van der Waals surface area (Å²) in [6.07, 6.45) is 0. The molecule has 0 atom stereocenters. The number of carbonyl (C=O) groups is 1. The van der Waals surface area contributed by atoms with Crippen LogP contribution in [-0.4, -0.2) is 10.5 Å². The van der Waals surface area contributed by atoms with Gasteiger partial charge in [0.05, 0.1) is 10.2 Å². The van der Waals surface area contributed by atoms with Crippen LogP contribution in [-0.2, 0) is 6.54 Å². The fraction of sp³-hybridized carbons (Fsp3) is 0.0500. The molecule has 1 N–H and O–H groups in total. The fourth-order valence-corrected chi connectivity index (χ4v) is 3.92. The van der Waals surface area contributed by atoms with Crippen LogP contribution in [0.25, 0.3) is 10.2 Å². The summed E-state index contributed by atoms with van der Waals surface area (Å²) in [6.45, 7) is 0.671. The predicted molar refractivity (Wildman–Crippen MR) is 107 cm³/mol. The number of benzene rings is 2. The van der Waals surface area contributed by atoms with Gasteiger partial charge in [-0.3, -0.25) is 4.79 Å². The van der Waals surface area contributed by atoms with Crippen LogP contribution in [0.2, 0.25) is 0 Å². The summed E-state index contributed by atoms with van der Waals surface area (Å²) >= 11 is 5.06. The maximum absolute atomic E-state index is 12.8. The lowest BCUT2D eigenvalue weighted by Crippen LogP contribution is -2.17. The lowest BCUT2D eigenvalue weighted by Gasteiger charge is -2.11. The lowest BCUT2D eigenvalue weighted by atomic mass is 10.2. The number of nitrogens with zero attached hydrogens (tertiary/aromatic N) is 1. The summed E-state index contributed by atoms with van der Waals surface area (Å²) in [5.41, 5.74) is 3.72. The molecule has 3 nitrogen and oxygen atoms in total. The van der Waals surface area contributed by atoms with Gasteiger partial charge in [-0.05, 0) is 47.3 Å². The molecule has 0 unspecified atom stereocenters. The Hall–Kier alpha value is -2.37. The van der Waals surface area contributed by atoms with E-state index in [0.717, 1.165) is 20.4 Å². The zero-order valence-corrected chi connectivity index (χ0v) is 15.7. The third kappa shape index (κ3) is 3.38. The lowest BCUT2D eigenvalue weighted by molar-refractivity contribution is 0.101. The zero-order chi connectivity index (χ0) is 17.2. The Morgan fingerprint density at radius 1 is 1.04 bits per heavy atom. The van der Waals surface area contributed by atoms with Crippen molar-refractivity contribution in [3.63, 3.8) is 0 Å². The molecule has 2 aromatic heterocycles. The van der Waals surface area contributed by atoms with E-state index in [1.165, 1.54) is 5.56 Å². The molecule has 2 aromatic carbocycles. The van der Waals surface area contributed by atoms with E-state index in [4.69, 9.17) is 0 Å². The highest BCUT2D eigenvalue weighted by Gasteiger charge is 2.17. The van der Waals surface area contributed by atoms with Crippen LogP contribution in [0.1, 0.15) is 16.1 Å². The molecule has 0 aliphatic heterocycles. The van der Waals surface area contributed by atoms with Crippen molar-refractivity contribution in [2.24, 2.45) is 0 Å². The van der Waals surface area contributed by atoms with Gasteiger partial charge in [0.25, 0.3) is 5.91 Å². The smallest absolute Gasteiger partial charge is 0.272 e. The minimum atomic E-state index is -0.0957. The minimum absolute atomic E-state index is 0.0957. The maximum atomic E-state index is 12.8. The Morgan fingerprint density at radius 3 is 2.56 bits per heavy atom. The molecule has 0 aliphatic rings. The van der Waals surface area contributed by atoms with E-state index in [2.05, 4.69) is 49.4 Å². The largest absolute Gasteiger partial charge is 0.331 e. The summed E-state index contributed by atoms with van der Waals surface area (Å²) in [6, 6.07) is 21.8. The number of rotatable bonds is 4. The molecule has 0 bridgehead atoms. The molecule has 0 spiro atoms. The first-order valence-corrected chi connectivity index (χ1v) is 9.55. The van der Waals surface area contributed by atoms with Gasteiger partial charge in [-0.1, -0.05) is 46.3 Å². The predicted octanol–water partition coefficient (Wildman–Crippen LogP) is 5.77. The van der Waals surface area contributed by atoms with Crippen molar-refractivity contribution in [2.75, 3.05) is 5.32 Å². The topological polar surface area (TPSA) is 34.0 Å². The van der Waals surface area contributed by atoms with Gasteiger partial charge in [-0.2, -0.15) is 0 Å². The molecule has 2 heterocycles. The highest BCUT2D eigenvalue weighted by molar-refractivity contribution is 9.10. The Labute approximate surface area is 158 Å². The van der Waals surface area contributed by atoms with Gasteiger partial charge in [0, 0.05) is 16.7 Å². The number of hydrogen-bond acceptors (Lipinski definition) is 2. The van der Waals surface area contributed by atoms with Gasteiger partial charge >= 0.3 is 0 Å². The average Bonchev–Trinajstić information content (AvgIpc) is 3.21. The molecular formula is C20H15BrN2OS. The quantitative estimate of drug-likeness (QED) is 0.455. The van der Waals surface area contributed by atoms with Crippen molar-refractivity contribution >= 4 is 49.1 Å². The van der Waals surface area contributed by atoms with E-state index in [9.17, 15) is 4.79 Å². The molecule has 0 saturated carbocycles. The van der Waals surface area contributed by atoms with Crippen molar-refractivity contribution in [3.8, 4) is 0 Å². The van der Waals surface area contributed by atoms with Gasteiger partial charge in [-0.25, -0.2) is 0 Å².